The topological polar surface area (TPSA) is 69.0 Å². The highest BCUT2D eigenvalue weighted by molar-refractivity contribution is 7.99. The van der Waals surface area contributed by atoms with Crippen molar-refractivity contribution in [3.05, 3.63) is 59.9 Å². The normalized spacial score (nSPS) is 10.9. The lowest BCUT2D eigenvalue weighted by molar-refractivity contribution is -0.118. The smallest absolute Gasteiger partial charge is 0.262 e. The van der Waals surface area contributed by atoms with Crippen molar-refractivity contribution >= 4 is 23.4 Å². The molecule has 0 aliphatic carbocycles. The van der Waals surface area contributed by atoms with Crippen LogP contribution in [0.4, 0.5) is 5.69 Å². The van der Waals surface area contributed by atoms with Crippen molar-refractivity contribution in [3.63, 3.8) is 0 Å². The number of carbonyl (C=O) groups excluding carboxylic acids is 1. The number of amides is 1. The molecule has 1 heterocycles. The predicted octanol–water partition coefficient (Wildman–Crippen LogP) is 4.42. The molecule has 1 N–H and O–H groups in total. The third-order valence-electron chi connectivity index (χ3n) is 4.17. The summed E-state index contributed by atoms with van der Waals surface area (Å²) >= 11 is 1.51. The van der Waals surface area contributed by atoms with Gasteiger partial charge in [0, 0.05) is 17.6 Å². The van der Waals surface area contributed by atoms with E-state index in [1.54, 1.807) is 6.33 Å². The van der Waals surface area contributed by atoms with Crippen molar-refractivity contribution in [1.29, 1.82) is 0 Å². The number of aryl methyl sites for hydroxylation is 2. The van der Waals surface area contributed by atoms with Gasteiger partial charge in [-0.2, -0.15) is 0 Å². The third-order valence-corrected chi connectivity index (χ3v) is 5.23. The fraction of sp³-hybridized carbons (Fsp3) is 0.286. The van der Waals surface area contributed by atoms with Gasteiger partial charge >= 0.3 is 0 Å². The van der Waals surface area contributed by atoms with E-state index in [1.807, 2.05) is 48.9 Å². The van der Waals surface area contributed by atoms with Gasteiger partial charge in [-0.25, -0.2) is 0 Å². The molecule has 0 aliphatic heterocycles. The summed E-state index contributed by atoms with van der Waals surface area (Å²) in [7, 11) is 1.90. The highest BCUT2D eigenvalue weighted by Gasteiger charge is 2.11. The van der Waals surface area contributed by atoms with Gasteiger partial charge in [0.15, 0.2) is 11.8 Å². The van der Waals surface area contributed by atoms with E-state index >= 15 is 0 Å². The standard InChI is InChI=1S/C21H24N4O2S/c1-14(2)18-10-5-15(3)11-19(18)27-12-20(26)23-16-6-8-17(9-7-16)28-21-24-22-13-25(21)4/h5-11,13-14H,12H2,1-4H3,(H,23,26). The van der Waals surface area contributed by atoms with Crippen LogP contribution in [0.2, 0.25) is 0 Å². The van der Waals surface area contributed by atoms with Crippen molar-refractivity contribution in [3.8, 4) is 5.75 Å². The van der Waals surface area contributed by atoms with Gasteiger partial charge in [0.05, 0.1) is 0 Å². The zero-order valence-electron chi connectivity index (χ0n) is 16.5. The molecule has 7 heteroatoms. The maximum Gasteiger partial charge on any atom is 0.262 e. The summed E-state index contributed by atoms with van der Waals surface area (Å²) in [6.45, 7) is 6.20. The number of benzene rings is 2. The number of hydrogen-bond donors (Lipinski definition) is 1. The van der Waals surface area contributed by atoms with E-state index < -0.39 is 0 Å². The Morgan fingerprint density at radius 1 is 1.21 bits per heavy atom. The van der Waals surface area contributed by atoms with Crippen LogP contribution in [0, 0.1) is 6.92 Å². The van der Waals surface area contributed by atoms with E-state index in [4.69, 9.17) is 4.74 Å². The van der Waals surface area contributed by atoms with Crippen LogP contribution in [-0.4, -0.2) is 27.3 Å². The Bertz CT molecular complexity index is 951. The summed E-state index contributed by atoms with van der Waals surface area (Å²) in [6, 6.07) is 13.7. The van der Waals surface area contributed by atoms with E-state index in [0.717, 1.165) is 32.6 Å². The Balaban J connectivity index is 1.57. The molecule has 6 nitrogen and oxygen atoms in total. The molecule has 0 saturated carbocycles. The number of carbonyl (C=O) groups is 1. The molecular weight excluding hydrogens is 372 g/mol. The van der Waals surface area contributed by atoms with Gasteiger partial charge in [0.1, 0.15) is 12.1 Å². The minimum atomic E-state index is -0.190. The molecule has 0 radical (unpaired) electrons. The maximum atomic E-state index is 12.3. The molecule has 3 rings (SSSR count). The fourth-order valence-electron chi connectivity index (χ4n) is 2.66. The summed E-state index contributed by atoms with van der Waals surface area (Å²) < 4.78 is 7.64. The molecule has 2 aromatic carbocycles. The van der Waals surface area contributed by atoms with E-state index in [0.29, 0.717) is 5.92 Å². The van der Waals surface area contributed by atoms with Gasteiger partial charge in [0.2, 0.25) is 0 Å². The van der Waals surface area contributed by atoms with Gasteiger partial charge in [-0.05, 0) is 66.1 Å². The molecule has 0 atom stereocenters. The molecule has 0 aliphatic rings. The van der Waals surface area contributed by atoms with Crippen LogP contribution in [0.25, 0.3) is 0 Å². The summed E-state index contributed by atoms with van der Waals surface area (Å²) in [5.41, 5.74) is 2.93. The van der Waals surface area contributed by atoms with Crippen LogP contribution < -0.4 is 10.1 Å². The second-order valence-corrected chi connectivity index (χ2v) is 7.92. The SMILES string of the molecule is Cc1ccc(C(C)C)c(OCC(=O)Nc2ccc(Sc3nncn3C)cc2)c1. The highest BCUT2D eigenvalue weighted by atomic mass is 32.2. The predicted molar refractivity (Wildman–Crippen MR) is 111 cm³/mol. The Labute approximate surface area is 169 Å². The molecule has 0 spiro atoms. The first-order chi connectivity index (χ1) is 13.4. The molecule has 28 heavy (non-hydrogen) atoms. The van der Waals surface area contributed by atoms with Crippen LogP contribution in [0.3, 0.4) is 0 Å². The minimum absolute atomic E-state index is 0.0292. The molecule has 0 unspecified atom stereocenters. The van der Waals surface area contributed by atoms with Crippen LogP contribution in [-0.2, 0) is 11.8 Å². The Morgan fingerprint density at radius 3 is 2.61 bits per heavy atom. The quantitative estimate of drug-likeness (QED) is 0.640. The van der Waals surface area contributed by atoms with Crippen molar-refractivity contribution in [2.75, 3.05) is 11.9 Å². The zero-order chi connectivity index (χ0) is 20.1. The largest absolute Gasteiger partial charge is 0.483 e. The second kappa shape index (κ2) is 8.93. The molecular formula is C21H24N4O2S. The van der Waals surface area contributed by atoms with Crippen molar-refractivity contribution < 1.29 is 9.53 Å². The third kappa shape index (κ3) is 5.13. The molecule has 0 bridgehead atoms. The second-order valence-electron chi connectivity index (χ2n) is 6.88. The molecule has 3 aromatic rings. The first kappa shape index (κ1) is 19.9. The number of aromatic nitrogens is 3. The lowest BCUT2D eigenvalue weighted by Gasteiger charge is -2.15. The van der Waals surface area contributed by atoms with E-state index in [1.165, 1.54) is 11.8 Å². The van der Waals surface area contributed by atoms with Crippen LogP contribution >= 0.6 is 11.8 Å². The van der Waals surface area contributed by atoms with Crippen molar-refractivity contribution in [1.82, 2.24) is 14.8 Å². The van der Waals surface area contributed by atoms with Crippen LogP contribution in [0.15, 0.2) is 58.8 Å². The van der Waals surface area contributed by atoms with Crippen molar-refractivity contribution in [2.24, 2.45) is 7.05 Å². The average Bonchev–Trinajstić information content (AvgIpc) is 3.06. The molecule has 0 fully saturated rings. The lowest BCUT2D eigenvalue weighted by atomic mass is 10.0. The lowest BCUT2D eigenvalue weighted by Crippen LogP contribution is -2.20. The number of rotatable bonds is 7. The average molecular weight is 397 g/mol. The summed E-state index contributed by atoms with van der Waals surface area (Å²) in [5, 5.41) is 11.6. The zero-order valence-corrected chi connectivity index (χ0v) is 17.3. The van der Waals surface area contributed by atoms with Crippen molar-refractivity contribution in [2.45, 2.75) is 36.7 Å². The number of hydrogen-bond acceptors (Lipinski definition) is 5. The highest BCUT2D eigenvalue weighted by Crippen LogP contribution is 2.28. The number of anilines is 1. The van der Waals surface area contributed by atoms with Crippen LogP contribution in [0.5, 0.6) is 5.75 Å². The van der Waals surface area contributed by atoms with Gasteiger partial charge in [0.25, 0.3) is 5.91 Å². The van der Waals surface area contributed by atoms with E-state index in [-0.39, 0.29) is 12.5 Å². The van der Waals surface area contributed by atoms with Gasteiger partial charge in [-0.3, -0.25) is 4.79 Å². The van der Waals surface area contributed by atoms with Crippen LogP contribution in [0.1, 0.15) is 30.9 Å². The van der Waals surface area contributed by atoms with Gasteiger partial charge < -0.3 is 14.6 Å². The van der Waals surface area contributed by atoms with E-state index in [2.05, 4.69) is 41.5 Å². The number of nitrogens with zero attached hydrogens (tertiary/aromatic N) is 3. The first-order valence-corrected chi connectivity index (χ1v) is 9.89. The maximum absolute atomic E-state index is 12.3. The molecule has 0 saturated heterocycles. The molecule has 146 valence electrons. The Morgan fingerprint density at radius 2 is 1.96 bits per heavy atom. The number of ether oxygens (including phenoxy) is 1. The fourth-order valence-corrected chi connectivity index (χ4v) is 3.42. The Kier molecular flexibility index (Phi) is 6.36. The summed E-state index contributed by atoms with van der Waals surface area (Å²) in [5.74, 6) is 0.906. The van der Waals surface area contributed by atoms with Gasteiger partial charge in [-0.15, -0.1) is 10.2 Å². The molecule has 1 amide bonds. The van der Waals surface area contributed by atoms with E-state index in [9.17, 15) is 4.79 Å². The van der Waals surface area contributed by atoms with Gasteiger partial charge in [-0.1, -0.05) is 26.0 Å². The monoisotopic (exact) mass is 396 g/mol. The number of nitrogens with one attached hydrogen (secondary N) is 1. The summed E-state index contributed by atoms with van der Waals surface area (Å²) in [6.07, 6.45) is 1.66. The Hall–Kier alpha value is -2.80. The first-order valence-electron chi connectivity index (χ1n) is 9.07. The minimum Gasteiger partial charge on any atom is -0.483 e. The molecule has 1 aromatic heterocycles. The summed E-state index contributed by atoms with van der Waals surface area (Å²) in [4.78, 5) is 13.3.